The van der Waals surface area contributed by atoms with Crippen molar-refractivity contribution in [2.24, 2.45) is 5.92 Å². The number of benzene rings is 6. The van der Waals surface area contributed by atoms with E-state index in [1.807, 2.05) is 91.9 Å². The minimum Gasteiger partial charge on any atom is -0.392 e. The molecular weight excluding hydrogens is 759 g/mol. The molecule has 5 atom stereocenters. The van der Waals surface area contributed by atoms with Crippen LogP contribution in [-0.2, 0) is 50.4 Å². The largest absolute Gasteiger partial charge is 0.392 e. The molecule has 1 heterocycles. The first-order valence-electron chi connectivity index (χ1n) is 20.0. The zero-order valence-corrected chi connectivity index (χ0v) is 34.2. The van der Waals surface area contributed by atoms with E-state index in [9.17, 15) is 18.3 Å². The van der Waals surface area contributed by atoms with Gasteiger partial charge in [-0.3, -0.25) is 9.69 Å². The quantitative estimate of drug-likeness (QED) is 0.0898. The van der Waals surface area contributed by atoms with E-state index in [1.54, 1.807) is 18.2 Å². The van der Waals surface area contributed by atoms with E-state index < -0.39 is 28.3 Å². The molecule has 0 unspecified atom stereocenters. The Balaban J connectivity index is 1.15. The number of amides is 1. The first kappa shape index (κ1) is 41.7. The Bertz CT molecular complexity index is 2320. The SMILES string of the molecule is Cc1ccc(S(=O)(=O)N[C@H](Cc2ccccc2)C(=O)Nc2cccc([C@H]3O[C@@H](CN(Cc4ccccc4)Cc4ccccc4)[C@@H](C)[C@@H](c4ccc(CO)cc4)O3)c2)cc1. The van der Waals surface area contributed by atoms with Crippen LogP contribution in [0.1, 0.15) is 58.3 Å². The van der Waals surface area contributed by atoms with Crippen LogP contribution in [0.4, 0.5) is 5.69 Å². The molecule has 6 aromatic rings. The third-order valence-electron chi connectivity index (χ3n) is 10.7. The highest BCUT2D eigenvalue weighted by atomic mass is 32.2. The molecule has 59 heavy (non-hydrogen) atoms. The second kappa shape index (κ2) is 19.5. The average molecular weight is 810 g/mol. The van der Waals surface area contributed by atoms with Crippen LogP contribution in [0.25, 0.3) is 0 Å². The van der Waals surface area contributed by atoms with Crippen molar-refractivity contribution in [1.29, 1.82) is 0 Å². The maximum absolute atomic E-state index is 14.0. The Hall–Kier alpha value is -5.46. The number of hydrogen-bond acceptors (Lipinski definition) is 7. The summed E-state index contributed by atoms with van der Waals surface area (Å²) in [6.45, 7) is 6.05. The fourth-order valence-electron chi connectivity index (χ4n) is 7.45. The summed E-state index contributed by atoms with van der Waals surface area (Å²) in [4.78, 5) is 16.5. The van der Waals surface area contributed by atoms with Crippen LogP contribution in [0.3, 0.4) is 0 Å². The lowest BCUT2D eigenvalue weighted by Gasteiger charge is -2.43. The molecule has 1 fully saturated rings. The molecule has 0 spiro atoms. The van der Waals surface area contributed by atoms with E-state index in [-0.39, 0.29) is 36.0 Å². The van der Waals surface area contributed by atoms with Crippen LogP contribution in [0, 0.1) is 12.8 Å². The molecule has 9 nitrogen and oxygen atoms in total. The highest BCUT2D eigenvalue weighted by Gasteiger charge is 2.39. The third kappa shape index (κ3) is 11.2. The lowest BCUT2D eigenvalue weighted by molar-refractivity contribution is -0.276. The topological polar surface area (TPSA) is 117 Å². The van der Waals surface area contributed by atoms with Gasteiger partial charge in [-0.15, -0.1) is 0 Å². The molecule has 0 aliphatic carbocycles. The number of ether oxygens (including phenoxy) is 2. The van der Waals surface area contributed by atoms with Crippen molar-refractivity contribution < 1.29 is 27.8 Å². The summed E-state index contributed by atoms with van der Waals surface area (Å²) in [6, 6.07) is 50.7. The van der Waals surface area contributed by atoms with Gasteiger partial charge in [0, 0.05) is 36.8 Å². The number of carbonyl (C=O) groups is 1. The molecule has 0 aromatic heterocycles. The van der Waals surface area contributed by atoms with E-state index in [4.69, 9.17) is 9.47 Å². The van der Waals surface area contributed by atoms with Gasteiger partial charge in [0.2, 0.25) is 15.9 Å². The van der Waals surface area contributed by atoms with Gasteiger partial charge in [-0.05, 0) is 65.4 Å². The summed E-state index contributed by atoms with van der Waals surface area (Å²) in [5.74, 6) is -0.554. The lowest BCUT2D eigenvalue weighted by Crippen LogP contribution is -2.45. The second-order valence-electron chi connectivity index (χ2n) is 15.3. The van der Waals surface area contributed by atoms with Gasteiger partial charge in [-0.25, -0.2) is 8.42 Å². The van der Waals surface area contributed by atoms with Crippen molar-refractivity contribution >= 4 is 21.6 Å². The van der Waals surface area contributed by atoms with E-state index in [0.717, 1.165) is 35.3 Å². The molecule has 10 heteroatoms. The summed E-state index contributed by atoms with van der Waals surface area (Å²) in [5, 5.41) is 12.7. The molecule has 7 rings (SSSR count). The summed E-state index contributed by atoms with van der Waals surface area (Å²) < 4.78 is 43.4. The maximum atomic E-state index is 14.0. The van der Waals surface area contributed by atoms with Crippen molar-refractivity contribution in [1.82, 2.24) is 9.62 Å². The van der Waals surface area contributed by atoms with Gasteiger partial charge in [0.15, 0.2) is 6.29 Å². The fraction of sp³-hybridized carbons (Fsp3) is 0.245. The predicted octanol–water partition coefficient (Wildman–Crippen LogP) is 8.51. The van der Waals surface area contributed by atoms with Gasteiger partial charge in [0.05, 0.1) is 23.7 Å². The normalized spacial score (nSPS) is 18.6. The Morgan fingerprint density at radius 1 is 0.695 bits per heavy atom. The summed E-state index contributed by atoms with van der Waals surface area (Å²) in [6.07, 6.45) is -1.24. The molecule has 3 N–H and O–H groups in total. The van der Waals surface area contributed by atoms with Crippen molar-refractivity contribution in [3.8, 4) is 0 Å². The van der Waals surface area contributed by atoms with E-state index in [0.29, 0.717) is 17.8 Å². The number of carbonyl (C=O) groups excluding carboxylic acids is 1. The molecule has 1 aliphatic rings. The van der Waals surface area contributed by atoms with Gasteiger partial charge in [0.25, 0.3) is 0 Å². The van der Waals surface area contributed by atoms with Crippen molar-refractivity contribution in [2.75, 3.05) is 11.9 Å². The standard InChI is InChI=1S/C49H51N3O6S/c1-35-21-27-44(28-22-35)59(55,56)51-45(29-37-13-6-3-7-14-37)48(54)50-43-20-12-19-42(30-43)49-57-46(36(2)47(58-49)41-25-23-40(34-53)24-26-41)33-52(31-38-15-8-4-9-16-38)32-39-17-10-5-11-18-39/h3-28,30,36,45-47,49,51,53H,29,31-34H2,1-2H3,(H,50,54)/t36-,45-,46+,47+,49+/m1/s1. The van der Waals surface area contributed by atoms with Crippen LogP contribution >= 0.6 is 0 Å². The summed E-state index contributed by atoms with van der Waals surface area (Å²) in [7, 11) is -4.03. The number of nitrogens with one attached hydrogen (secondary N) is 2. The molecule has 0 bridgehead atoms. The van der Waals surface area contributed by atoms with Gasteiger partial charge in [0.1, 0.15) is 6.04 Å². The number of sulfonamides is 1. The Kier molecular flexibility index (Phi) is 13.8. The number of rotatable bonds is 16. The minimum atomic E-state index is -4.03. The van der Waals surface area contributed by atoms with Crippen LogP contribution in [0.2, 0.25) is 0 Å². The van der Waals surface area contributed by atoms with Gasteiger partial charge >= 0.3 is 0 Å². The van der Waals surface area contributed by atoms with Crippen molar-refractivity contribution in [2.45, 2.75) is 69.4 Å². The van der Waals surface area contributed by atoms with Crippen molar-refractivity contribution in [3.05, 3.63) is 203 Å². The second-order valence-corrected chi connectivity index (χ2v) is 17.0. The zero-order chi connectivity index (χ0) is 41.2. The van der Waals surface area contributed by atoms with Crippen LogP contribution in [0.5, 0.6) is 0 Å². The highest BCUT2D eigenvalue weighted by molar-refractivity contribution is 7.89. The third-order valence-corrected chi connectivity index (χ3v) is 12.2. The average Bonchev–Trinajstić information content (AvgIpc) is 3.25. The summed E-state index contributed by atoms with van der Waals surface area (Å²) >= 11 is 0. The number of aliphatic hydroxyl groups excluding tert-OH is 1. The Morgan fingerprint density at radius 3 is 1.88 bits per heavy atom. The van der Waals surface area contributed by atoms with E-state index in [1.165, 1.54) is 23.3 Å². The number of hydrogen-bond donors (Lipinski definition) is 3. The molecule has 0 saturated carbocycles. The van der Waals surface area contributed by atoms with E-state index >= 15 is 0 Å². The zero-order valence-electron chi connectivity index (χ0n) is 33.4. The minimum absolute atomic E-state index is 0.0524. The lowest BCUT2D eigenvalue weighted by atomic mass is 9.89. The number of aliphatic hydroxyl groups is 1. The van der Waals surface area contributed by atoms with Crippen LogP contribution < -0.4 is 10.0 Å². The first-order chi connectivity index (χ1) is 28.6. The van der Waals surface area contributed by atoms with Gasteiger partial charge in [-0.1, -0.05) is 152 Å². The van der Waals surface area contributed by atoms with Crippen LogP contribution in [0.15, 0.2) is 169 Å². The number of anilines is 1. The smallest absolute Gasteiger partial charge is 0.242 e. The molecule has 304 valence electrons. The fourth-order valence-corrected chi connectivity index (χ4v) is 8.65. The Morgan fingerprint density at radius 2 is 1.29 bits per heavy atom. The first-order valence-corrected chi connectivity index (χ1v) is 21.5. The predicted molar refractivity (Wildman–Crippen MR) is 230 cm³/mol. The molecular formula is C49H51N3O6S. The van der Waals surface area contributed by atoms with Crippen LogP contribution in [-0.4, -0.2) is 43.0 Å². The molecule has 1 saturated heterocycles. The molecule has 1 amide bonds. The molecule has 0 radical (unpaired) electrons. The summed E-state index contributed by atoms with van der Waals surface area (Å²) in [5.41, 5.74) is 7.10. The van der Waals surface area contributed by atoms with Gasteiger partial charge < -0.3 is 19.9 Å². The van der Waals surface area contributed by atoms with Crippen molar-refractivity contribution in [3.63, 3.8) is 0 Å². The van der Waals surface area contributed by atoms with Gasteiger partial charge in [-0.2, -0.15) is 4.72 Å². The highest BCUT2D eigenvalue weighted by Crippen LogP contribution is 2.42. The maximum Gasteiger partial charge on any atom is 0.242 e. The monoisotopic (exact) mass is 809 g/mol. The number of aryl methyl sites for hydroxylation is 1. The molecule has 6 aromatic carbocycles. The van der Waals surface area contributed by atoms with E-state index in [2.05, 4.69) is 70.4 Å². The molecule has 1 aliphatic heterocycles. The Labute approximate surface area is 347 Å². The number of nitrogens with zero attached hydrogens (tertiary/aromatic N) is 1.